The molecule has 1 N–H and O–H groups in total. The monoisotopic (exact) mass is 410 g/mol. The van der Waals surface area contributed by atoms with Crippen molar-refractivity contribution >= 4 is 11.8 Å². The first kappa shape index (κ1) is 22.0. The number of hydrogen-bond donors (Lipinski definition) is 1. The highest BCUT2D eigenvalue weighted by atomic mass is 19.1. The lowest BCUT2D eigenvalue weighted by atomic mass is 9.95. The first-order valence-corrected chi connectivity index (χ1v) is 10.8. The molecule has 2 amide bonds. The minimum absolute atomic E-state index is 0.115. The Bertz CT molecular complexity index is 860. The molecule has 1 aliphatic carbocycles. The molecule has 5 heteroatoms. The number of carbonyl (C=O) groups excluding carboxylic acids is 2. The third-order valence-corrected chi connectivity index (χ3v) is 5.82. The van der Waals surface area contributed by atoms with Gasteiger partial charge in [0.05, 0.1) is 6.42 Å². The highest BCUT2D eigenvalue weighted by Crippen LogP contribution is 2.19. The zero-order valence-corrected chi connectivity index (χ0v) is 17.9. The SMILES string of the molecule is Cc1cccc(CC(=O)N(Cc2ccc(F)cc2)[C@@H](C)C(=O)NC2CCCCC2)c1. The second-order valence-corrected chi connectivity index (χ2v) is 8.33. The molecule has 0 spiro atoms. The smallest absolute Gasteiger partial charge is 0.242 e. The lowest BCUT2D eigenvalue weighted by Gasteiger charge is -2.31. The second kappa shape index (κ2) is 10.4. The van der Waals surface area contributed by atoms with Gasteiger partial charge in [-0.05, 0) is 49.9 Å². The van der Waals surface area contributed by atoms with Crippen LogP contribution in [-0.2, 0) is 22.6 Å². The minimum atomic E-state index is -0.603. The van der Waals surface area contributed by atoms with E-state index in [4.69, 9.17) is 0 Å². The summed E-state index contributed by atoms with van der Waals surface area (Å²) in [6.45, 7) is 4.03. The van der Waals surface area contributed by atoms with E-state index in [1.54, 1.807) is 24.0 Å². The molecule has 0 radical (unpaired) electrons. The summed E-state index contributed by atoms with van der Waals surface area (Å²) in [4.78, 5) is 27.8. The van der Waals surface area contributed by atoms with Gasteiger partial charge < -0.3 is 10.2 Å². The van der Waals surface area contributed by atoms with E-state index < -0.39 is 6.04 Å². The molecule has 0 aliphatic heterocycles. The van der Waals surface area contributed by atoms with Crippen molar-refractivity contribution in [1.82, 2.24) is 10.2 Å². The number of hydrogen-bond acceptors (Lipinski definition) is 2. The average molecular weight is 411 g/mol. The number of amides is 2. The Balaban J connectivity index is 1.75. The van der Waals surface area contributed by atoms with Crippen molar-refractivity contribution in [2.75, 3.05) is 0 Å². The van der Waals surface area contributed by atoms with Crippen LogP contribution in [0, 0.1) is 12.7 Å². The summed E-state index contributed by atoms with van der Waals surface area (Å²) in [5, 5.41) is 3.13. The minimum Gasteiger partial charge on any atom is -0.352 e. The van der Waals surface area contributed by atoms with Gasteiger partial charge in [0.2, 0.25) is 11.8 Å². The van der Waals surface area contributed by atoms with Crippen LogP contribution < -0.4 is 5.32 Å². The fourth-order valence-corrected chi connectivity index (χ4v) is 4.04. The molecule has 4 nitrogen and oxygen atoms in total. The molecule has 0 aromatic heterocycles. The van der Waals surface area contributed by atoms with Crippen LogP contribution in [0.1, 0.15) is 55.7 Å². The summed E-state index contributed by atoms with van der Waals surface area (Å²) in [6, 6.07) is 13.5. The van der Waals surface area contributed by atoms with Crippen LogP contribution in [0.4, 0.5) is 4.39 Å². The number of carbonyl (C=O) groups is 2. The van der Waals surface area contributed by atoms with E-state index >= 15 is 0 Å². The summed E-state index contributed by atoms with van der Waals surface area (Å²) in [5.74, 6) is -0.558. The van der Waals surface area contributed by atoms with Crippen molar-refractivity contribution in [3.05, 3.63) is 71.0 Å². The molecule has 1 aliphatic rings. The van der Waals surface area contributed by atoms with Gasteiger partial charge >= 0.3 is 0 Å². The Morgan fingerprint density at radius 3 is 2.43 bits per heavy atom. The molecule has 0 heterocycles. The first-order chi connectivity index (χ1) is 14.4. The van der Waals surface area contributed by atoms with Crippen molar-refractivity contribution in [1.29, 1.82) is 0 Å². The Morgan fingerprint density at radius 1 is 1.07 bits per heavy atom. The van der Waals surface area contributed by atoms with Gasteiger partial charge in [0.25, 0.3) is 0 Å². The second-order valence-electron chi connectivity index (χ2n) is 8.33. The standard InChI is InChI=1S/C25H31FN2O2/c1-18-7-6-8-21(15-18)16-24(29)28(17-20-11-13-22(26)14-12-20)19(2)25(30)27-23-9-4-3-5-10-23/h6-8,11-15,19,23H,3-5,9-10,16-17H2,1-2H3,(H,27,30)/t19-/m0/s1. The lowest BCUT2D eigenvalue weighted by Crippen LogP contribution is -2.50. The van der Waals surface area contributed by atoms with Crippen LogP contribution in [0.15, 0.2) is 48.5 Å². The topological polar surface area (TPSA) is 49.4 Å². The van der Waals surface area contributed by atoms with Gasteiger partial charge in [0.15, 0.2) is 0 Å². The Morgan fingerprint density at radius 2 is 1.77 bits per heavy atom. The predicted molar refractivity (Wildman–Crippen MR) is 116 cm³/mol. The van der Waals surface area contributed by atoms with Gasteiger partial charge in [-0.2, -0.15) is 0 Å². The van der Waals surface area contributed by atoms with E-state index in [2.05, 4.69) is 5.32 Å². The van der Waals surface area contributed by atoms with E-state index in [1.165, 1.54) is 18.6 Å². The van der Waals surface area contributed by atoms with Crippen molar-refractivity contribution < 1.29 is 14.0 Å². The number of rotatable bonds is 7. The van der Waals surface area contributed by atoms with Crippen LogP contribution in [0.5, 0.6) is 0 Å². The summed E-state index contributed by atoms with van der Waals surface area (Å²) in [6.07, 6.45) is 5.69. The highest BCUT2D eigenvalue weighted by Gasteiger charge is 2.28. The Kier molecular flexibility index (Phi) is 7.61. The van der Waals surface area contributed by atoms with E-state index in [0.717, 1.165) is 42.4 Å². The molecule has 1 saturated carbocycles. The number of nitrogens with zero attached hydrogens (tertiary/aromatic N) is 1. The molecule has 0 unspecified atom stereocenters. The van der Waals surface area contributed by atoms with Crippen LogP contribution in [0.3, 0.4) is 0 Å². The maximum atomic E-state index is 13.3. The van der Waals surface area contributed by atoms with Gasteiger partial charge in [0.1, 0.15) is 11.9 Å². The molecule has 30 heavy (non-hydrogen) atoms. The quantitative estimate of drug-likeness (QED) is 0.728. The fraction of sp³-hybridized carbons (Fsp3) is 0.440. The summed E-state index contributed by atoms with van der Waals surface area (Å²) in [5.41, 5.74) is 2.81. The van der Waals surface area contributed by atoms with E-state index in [9.17, 15) is 14.0 Å². The fourth-order valence-electron chi connectivity index (χ4n) is 4.04. The van der Waals surface area contributed by atoms with Crippen LogP contribution >= 0.6 is 0 Å². The van der Waals surface area contributed by atoms with Gasteiger partial charge in [-0.1, -0.05) is 61.2 Å². The van der Waals surface area contributed by atoms with Crippen LogP contribution in [0.2, 0.25) is 0 Å². The molecule has 160 valence electrons. The van der Waals surface area contributed by atoms with Crippen LogP contribution in [0.25, 0.3) is 0 Å². The summed E-state index contributed by atoms with van der Waals surface area (Å²) in [7, 11) is 0. The van der Waals surface area contributed by atoms with E-state index in [-0.39, 0.29) is 36.6 Å². The summed E-state index contributed by atoms with van der Waals surface area (Å²) >= 11 is 0. The zero-order valence-electron chi connectivity index (χ0n) is 17.9. The Hall–Kier alpha value is -2.69. The maximum absolute atomic E-state index is 13.3. The van der Waals surface area contributed by atoms with Gasteiger partial charge in [-0.3, -0.25) is 9.59 Å². The van der Waals surface area contributed by atoms with E-state index in [0.29, 0.717) is 0 Å². The van der Waals surface area contributed by atoms with E-state index in [1.807, 2.05) is 31.2 Å². The molecular formula is C25H31FN2O2. The van der Waals surface area contributed by atoms with Crippen molar-refractivity contribution in [3.63, 3.8) is 0 Å². The molecule has 1 fully saturated rings. The third kappa shape index (κ3) is 6.15. The molecule has 0 saturated heterocycles. The number of aryl methyl sites for hydroxylation is 1. The zero-order chi connectivity index (χ0) is 21.5. The summed E-state index contributed by atoms with van der Waals surface area (Å²) < 4.78 is 13.3. The number of nitrogens with one attached hydrogen (secondary N) is 1. The first-order valence-electron chi connectivity index (χ1n) is 10.8. The normalized spacial score (nSPS) is 15.4. The average Bonchev–Trinajstić information content (AvgIpc) is 2.73. The molecule has 2 aromatic carbocycles. The maximum Gasteiger partial charge on any atom is 0.242 e. The number of halogens is 1. The third-order valence-electron chi connectivity index (χ3n) is 5.82. The molecule has 0 bridgehead atoms. The lowest BCUT2D eigenvalue weighted by molar-refractivity contribution is -0.140. The Labute approximate surface area is 178 Å². The van der Waals surface area contributed by atoms with Crippen LogP contribution in [-0.4, -0.2) is 28.8 Å². The van der Waals surface area contributed by atoms with Crippen molar-refractivity contribution in [2.45, 2.75) is 71.0 Å². The predicted octanol–water partition coefficient (Wildman–Crippen LogP) is 4.54. The van der Waals surface area contributed by atoms with Gasteiger partial charge in [-0.25, -0.2) is 4.39 Å². The number of benzene rings is 2. The molecule has 3 rings (SSSR count). The highest BCUT2D eigenvalue weighted by molar-refractivity contribution is 5.88. The van der Waals surface area contributed by atoms with Gasteiger partial charge in [0, 0.05) is 12.6 Å². The van der Waals surface area contributed by atoms with Crippen molar-refractivity contribution in [2.24, 2.45) is 0 Å². The molecule has 2 aromatic rings. The molecule has 1 atom stereocenters. The largest absolute Gasteiger partial charge is 0.352 e. The van der Waals surface area contributed by atoms with Crippen molar-refractivity contribution in [3.8, 4) is 0 Å². The molecular weight excluding hydrogens is 379 g/mol. The van der Waals surface area contributed by atoms with Gasteiger partial charge in [-0.15, -0.1) is 0 Å².